The van der Waals surface area contributed by atoms with Gasteiger partial charge < -0.3 is 10.5 Å². The molecule has 11 heavy (non-hydrogen) atoms. The Morgan fingerprint density at radius 1 is 1.73 bits per heavy atom. The number of H-pyrrole nitrogens is 1. The highest BCUT2D eigenvalue weighted by atomic mass is 16.5. The summed E-state index contributed by atoms with van der Waals surface area (Å²) in [6.45, 7) is 0.762. The largest absolute Gasteiger partial charge is 0.396 e. The first-order chi connectivity index (χ1) is 5.34. The molecule has 1 rings (SSSR count). The van der Waals surface area contributed by atoms with Crippen molar-refractivity contribution in [2.45, 2.75) is 12.8 Å². The molecule has 4 nitrogen and oxygen atoms in total. The molecular weight excluding hydrogens is 142 g/mol. The number of ether oxygens (including phenoxy) is 1. The molecule has 0 amide bonds. The van der Waals surface area contributed by atoms with Crippen molar-refractivity contribution >= 4 is 5.69 Å². The molecular formula is C7H13N3O. The Morgan fingerprint density at radius 3 is 3.09 bits per heavy atom. The molecule has 0 saturated carbocycles. The standard InChI is InChI=1S/C7H13N3O/c1-11-4-2-3-7-6(8)5-9-10-7/h5H,2-4,8H2,1H3,(H,9,10). The molecule has 0 aliphatic rings. The van der Waals surface area contributed by atoms with E-state index in [4.69, 9.17) is 10.5 Å². The summed E-state index contributed by atoms with van der Waals surface area (Å²) in [5, 5.41) is 6.64. The highest BCUT2D eigenvalue weighted by molar-refractivity contribution is 5.39. The molecule has 0 radical (unpaired) electrons. The topological polar surface area (TPSA) is 63.9 Å². The zero-order chi connectivity index (χ0) is 8.10. The zero-order valence-electron chi connectivity index (χ0n) is 6.63. The average Bonchev–Trinajstić information content (AvgIpc) is 2.37. The first-order valence-electron chi connectivity index (χ1n) is 3.61. The van der Waals surface area contributed by atoms with Gasteiger partial charge in [-0.1, -0.05) is 0 Å². The van der Waals surface area contributed by atoms with Gasteiger partial charge in [0.2, 0.25) is 0 Å². The van der Waals surface area contributed by atoms with Gasteiger partial charge in [0.1, 0.15) is 0 Å². The van der Waals surface area contributed by atoms with E-state index in [0.29, 0.717) is 0 Å². The van der Waals surface area contributed by atoms with Crippen molar-refractivity contribution < 1.29 is 4.74 Å². The molecule has 0 fully saturated rings. The normalized spacial score (nSPS) is 10.3. The van der Waals surface area contributed by atoms with Gasteiger partial charge in [0.15, 0.2) is 0 Å². The minimum atomic E-state index is 0.737. The van der Waals surface area contributed by atoms with Crippen molar-refractivity contribution in [3.8, 4) is 0 Å². The predicted octanol–water partition coefficient (Wildman–Crippen LogP) is 0.571. The highest BCUT2D eigenvalue weighted by Gasteiger charge is 1.99. The Hall–Kier alpha value is -1.03. The molecule has 0 unspecified atom stereocenters. The van der Waals surface area contributed by atoms with Crippen LogP contribution in [0.4, 0.5) is 5.69 Å². The number of aryl methyl sites for hydroxylation is 1. The van der Waals surface area contributed by atoms with Gasteiger partial charge in [0.05, 0.1) is 17.6 Å². The number of nitrogen functional groups attached to an aromatic ring is 1. The molecule has 0 aromatic carbocycles. The molecule has 1 heterocycles. The maximum absolute atomic E-state index is 5.59. The summed E-state index contributed by atoms with van der Waals surface area (Å²) in [7, 11) is 1.69. The Balaban J connectivity index is 2.32. The van der Waals surface area contributed by atoms with Crippen molar-refractivity contribution in [3.05, 3.63) is 11.9 Å². The highest BCUT2D eigenvalue weighted by Crippen LogP contribution is 2.07. The lowest BCUT2D eigenvalue weighted by Gasteiger charge is -1.97. The fraction of sp³-hybridized carbons (Fsp3) is 0.571. The molecule has 1 aromatic heterocycles. The number of nitrogens with one attached hydrogen (secondary N) is 1. The summed E-state index contributed by atoms with van der Waals surface area (Å²) < 4.78 is 4.90. The van der Waals surface area contributed by atoms with Gasteiger partial charge in [-0.15, -0.1) is 0 Å². The Kier molecular flexibility index (Phi) is 2.92. The average molecular weight is 155 g/mol. The van der Waals surface area contributed by atoms with Crippen LogP contribution in [0.2, 0.25) is 0 Å². The summed E-state index contributed by atoms with van der Waals surface area (Å²) in [5.74, 6) is 0. The van der Waals surface area contributed by atoms with Crippen LogP contribution >= 0.6 is 0 Å². The molecule has 0 aliphatic carbocycles. The van der Waals surface area contributed by atoms with Crippen molar-refractivity contribution in [2.75, 3.05) is 19.5 Å². The summed E-state index contributed by atoms with van der Waals surface area (Å²) in [6, 6.07) is 0. The lowest BCUT2D eigenvalue weighted by atomic mass is 10.2. The molecule has 0 saturated heterocycles. The molecule has 62 valence electrons. The third-order valence-electron chi connectivity index (χ3n) is 1.53. The Labute approximate surface area is 65.7 Å². The minimum absolute atomic E-state index is 0.737. The Morgan fingerprint density at radius 2 is 2.55 bits per heavy atom. The van der Waals surface area contributed by atoms with Crippen molar-refractivity contribution in [3.63, 3.8) is 0 Å². The van der Waals surface area contributed by atoms with E-state index >= 15 is 0 Å². The third kappa shape index (κ3) is 2.23. The second kappa shape index (κ2) is 3.98. The number of anilines is 1. The van der Waals surface area contributed by atoms with E-state index < -0.39 is 0 Å². The van der Waals surface area contributed by atoms with Crippen molar-refractivity contribution in [2.24, 2.45) is 0 Å². The van der Waals surface area contributed by atoms with Crippen LogP contribution in [0, 0.1) is 0 Å². The van der Waals surface area contributed by atoms with E-state index in [2.05, 4.69) is 10.2 Å². The van der Waals surface area contributed by atoms with Crippen molar-refractivity contribution in [1.29, 1.82) is 0 Å². The van der Waals surface area contributed by atoms with Crippen LogP contribution in [0.3, 0.4) is 0 Å². The van der Waals surface area contributed by atoms with Gasteiger partial charge in [-0.05, 0) is 12.8 Å². The number of rotatable bonds is 4. The number of aromatic amines is 1. The van der Waals surface area contributed by atoms with Gasteiger partial charge in [-0.25, -0.2) is 0 Å². The van der Waals surface area contributed by atoms with Crippen LogP contribution < -0.4 is 5.73 Å². The first-order valence-corrected chi connectivity index (χ1v) is 3.61. The van der Waals surface area contributed by atoms with E-state index in [-0.39, 0.29) is 0 Å². The van der Waals surface area contributed by atoms with E-state index in [1.165, 1.54) is 0 Å². The summed E-state index contributed by atoms with van der Waals surface area (Å²) in [6.07, 6.45) is 3.50. The van der Waals surface area contributed by atoms with E-state index in [9.17, 15) is 0 Å². The van der Waals surface area contributed by atoms with Gasteiger partial charge >= 0.3 is 0 Å². The van der Waals surface area contributed by atoms with Crippen LogP contribution in [-0.2, 0) is 11.2 Å². The summed E-state index contributed by atoms with van der Waals surface area (Å²) in [5.41, 5.74) is 7.33. The van der Waals surface area contributed by atoms with Crippen LogP contribution in [0.25, 0.3) is 0 Å². The molecule has 0 spiro atoms. The number of aromatic nitrogens is 2. The van der Waals surface area contributed by atoms with Gasteiger partial charge in [0, 0.05) is 13.7 Å². The lowest BCUT2D eigenvalue weighted by molar-refractivity contribution is 0.195. The monoisotopic (exact) mass is 155 g/mol. The van der Waals surface area contributed by atoms with Crippen LogP contribution in [0.5, 0.6) is 0 Å². The predicted molar refractivity (Wildman–Crippen MR) is 43.2 cm³/mol. The third-order valence-corrected chi connectivity index (χ3v) is 1.53. The molecule has 0 atom stereocenters. The number of hydrogen-bond acceptors (Lipinski definition) is 3. The summed E-state index contributed by atoms with van der Waals surface area (Å²) in [4.78, 5) is 0. The fourth-order valence-corrected chi connectivity index (χ4v) is 0.916. The maximum Gasteiger partial charge on any atom is 0.0730 e. The lowest BCUT2D eigenvalue weighted by Crippen LogP contribution is -1.96. The molecule has 3 N–H and O–H groups in total. The van der Waals surface area contributed by atoms with Gasteiger partial charge in [0.25, 0.3) is 0 Å². The molecule has 0 bridgehead atoms. The second-order valence-corrected chi connectivity index (χ2v) is 2.40. The van der Waals surface area contributed by atoms with Crippen molar-refractivity contribution in [1.82, 2.24) is 10.2 Å². The SMILES string of the molecule is COCCCc1[nH]ncc1N. The molecule has 1 aromatic rings. The number of hydrogen-bond donors (Lipinski definition) is 2. The number of nitrogens with two attached hydrogens (primary N) is 1. The quantitative estimate of drug-likeness (QED) is 0.625. The zero-order valence-corrected chi connectivity index (χ0v) is 6.63. The van der Waals surface area contributed by atoms with E-state index in [1.54, 1.807) is 13.3 Å². The van der Waals surface area contributed by atoms with E-state index in [1.807, 2.05) is 0 Å². The smallest absolute Gasteiger partial charge is 0.0730 e. The van der Waals surface area contributed by atoms with Crippen LogP contribution in [-0.4, -0.2) is 23.9 Å². The van der Waals surface area contributed by atoms with Gasteiger partial charge in [-0.3, -0.25) is 5.10 Å². The number of nitrogens with zero attached hydrogens (tertiary/aromatic N) is 1. The molecule has 4 heteroatoms. The number of methoxy groups -OCH3 is 1. The Bertz CT molecular complexity index is 209. The van der Waals surface area contributed by atoms with Crippen LogP contribution in [0.15, 0.2) is 6.20 Å². The maximum atomic E-state index is 5.59. The first kappa shape index (κ1) is 8.07. The molecule has 0 aliphatic heterocycles. The van der Waals surface area contributed by atoms with Gasteiger partial charge in [-0.2, -0.15) is 5.10 Å². The van der Waals surface area contributed by atoms with E-state index in [0.717, 1.165) is 30.8 Å². The fourth-order valence-electron chi connectivity index (χ4n) is 0.916. The summed E-state index contributed by atoms with van der Waals surface area (Å²) >= 11 is 0. The minimum Gasteiger partial charge on any atom is -0.396 e. The van der Waals surface area contributed by atoms with Crippen LogP contribution in [0.1, 0.15) is 12.1 Å². The second-order valence-electron chi connectivity index (χ2n) is 2.40.